The Balaban J connectivity index is 1.36. The average molecular weight is 245 g/mol. The molecule has 3 fully saturated rings. The van der Waals surface area contributed by atoms with Crippen LogP contribution in [0.5, 0.6) is 0 Å². The third-order valence-electron chi connectivity index (χ3n) is 5.91. The van der Waals surface area contributed by atoms with Gasteiger partial charge in [0.25, 0.3) is 0 Å². The van der Waals surface area contributed by atoms with Gasteiger partial charge in [-0.3, -0.25) is 0 Å². The monoisotopic (exact) mass is 245 g/mol. The van der Waals surface area contributed by atoms with E-state index in [1.807, 2.05) is 12.4 Å². The summed E-state index contributed by atoms with van der Waals surface area (Å²) >= 11 is 0. The van der Waals surface area contributed by atoms with Gasteiger partial charge >= 0.3 is 0 Å². The van der Waals surface area contributed by atoms with E-state index in [1.165, 1.54) is 25.1 Å². The van der Waals surface area contributed by atoms with E-state index in [1.54, 1.807) is 0 Å². The number of nitrogens with two attached hydrogens (primary N) is 1. The largest absolute Gasteiger partial charge is 0.338 e. The summed E-state index contributed by atoms with van der Waals surface area (Å²) in [5.41, 5.74) is 6.45. The molecule has 2 N–H and O–H groups in total. The number of fused-ring (bicyclic) bond motifs is 5. The maximum atomic E-state index is 6.45. The lowest BCUT2D eigenvalue weighted by molar-refractivity contribution is 0.396. The normalized spacial score (nSPS) is 42.0. The molecule has 1 aromatic heterocycles. The van der Waals surface area contributed by atoms with Crippen LogP contribution >= 0.6 is 0 Å². The van der Waals surface area contributed by atoms with Gasteiger partial charge in [-0.05, 0) is 55.3 Å². The first kappa shape index (κ1) is 11.0. The van der Waals surface area contributed by atoms with Gasteiger partial charge in [-0.25, -0.2) is 4.98 Å². The van der Waals surface area contributed by atoms with Gasteiger partial charge in [0.1, 0.15) is 5.82 Å². The zero-order valence-electron chi connectivity index (χ0n) is 11.1. The minimum Gasteiger partial charge on any atom is -0.338 e. The van der Waals surface area contributed by atoms with Crippen LogP contribution in [0, 0.1) is 29.6 Å². The lowest BCUT2D eigenvalue weighted by atomic mass is 9.95. The summed E-state index contributed by atoms with van der Waals surface area (Å²) in [6.45, 7) is 0. The van der Waals surface area contributed by atoms with E-state index >= 15 is 0 Å². The van der Waals surface area contributed by atoms with Crippen molar-refractivity contribution in [3.63, 3.8) is 0 Å². The molecule has 0 amide bonds. The third-order valence-corrected chi connectivity index (χ3v) is 5.91. The molecule has 0 aliphatic heterocycles. The van der Waals surface area contributed by atoms with Crippen LogP contribution in [-0.2, 0) is 13.5 Å². The summed E-state index contributed by atoms with van der Waals surface area (Å²) in [4.78, 5) is 4.39. The summed E-state index contributed by atoms with van der Waals surface area (Å²) < 4.78 is 2.12. The Morgan fingerprint density at radius 1 is 1.39 bits per heavy atom. The molecule has 1 aromatic rings. The van der Waals surface area contributed by atoms with Crippen LogP contribution in [0.25, 0.3) is 0 Å². The second-order valence-electron chi connectivity index (χ2n) is 6.72. The Hall–Kier alpha value is -0.830. The van der Waals surface area contributed by atoms with Crippen LogP contribution in [-0.4, -0.2) is 15.6 Å². The van der Waals surface area contributed by atoms with Crippen molar-refractivity contribution in [3.05, 3.63) is 18.2 Å². The summed E-state index contributed by atoms with van der Waals surface area (Å²) in [6.07, 6.45) is 10.6. The van der Waals surface area contributed by atoms with E-state index in [9.17, 15) is 0 Å². The smallest absolute Gasteiger partial charge is 0.108 e. The topological polar surface area (TPSA) is 43.8 Å². The highest BCUT2D eigenvalue weighted by molar-refractivity contribution is 5.15. The molecule has 0 aromatic carbocycles. The number of hydrogen-bond donors (Lipinski definition) is 1. The molecule has 3 nitrogen and oxygen atoms in total. The van der Waals surface area contributed by atoms with E-state index in [-0.39, 0.29) is 0 Å². The van der Waals surface area contributed by atoms with Crippen LogP contribution < -0.4 is 5.73 Å². The average Bonchev–Trinajstić information content (AvgIpc) is 2.69. The number of hydrogen-bond acceptors (Lipinski definition) is 2. The Morgan fingerprint density at radius 3 is 2.72 bits per heavy atom. The van der Waals surface area contributed by atoms with E-state index in [4.69, 9.17) is 5.73 Å². The summed E-state index contributed by atoms with van der Waals surface area (Å²) in [7, 11) is 2.07. The SMILES string of the molecule is Cn1ccnc1CCC(N)C1C2C3CCC(C3)C12. The minimum atomic E-state index is 0.417. The van der Waals surface area contributed by atoms with Gasteiger partial charge in [0.15, 0.2) is 0 Å². The summed E-state index contributed by atoms with van der Waals surface area (Å²) in [5.74, 6) is 6.16. The molecule has 5 unspecified atom stereocenters. The molecule has 3 saturated carbocycles. The summed E-state index contributed by atoms with van der Waals surface area (Å²) in [6, 6.07) is 0.417. The zero-order chi connectivity index (χ0) is 12.3. The molecule has 4 rings (SSSR count). The molecule has 18 heavy (non-hydrogen) atoms. The second kappa shape index (κ2) is 3.83. The van der Waals surface area contributed by atoms with Crippen molar-refractivity contribution in [2.45, 2.75) is 38.1 Å². The molecule has 0 radical (unpaired) electrons. The van der Waals surface area contributed by atoms with Crippen LogP contribution in [0.3, 0.4) is 0 Å². The van der Waals surface area contributed by atoms with Gasteiger partial charge in [0.2, 0.25) is 0 Å². The lowest BCUT2D eigenvalue weighted by Crippen LogP contribution is -2.27. The first-order valence-corrected chi connectivity index (χ1v) is 7.47. The number of nitrogens with zero attached hydrogens (tertiary/aromatic N) is 2. The molecule has 98 valence electrons. The highest BCUT2D eigenvalue weighted by Crippen LogP contribution is 2.70. The fourth-order valence-corrected chi connectivity index (χ4v) is 5.09. The quantitative estimate of drug-likeness (QED) is 0.881. The minimum absolute atomic E-state index is 0.417. The van der Waals surface area contributed by atoms with E-state index in [0.29, 0.717) is 6.04 Å². The van der Waals surface area contributed by atoms with Crippen molar-refractivity contribution in [3.8, 4) is 0 Å². The van der Waals surface area contributed by atoms with Crippen molar-refractivity contribution in [1.29, 1.82) is 0 Å². The predicted octanol–water partition coefficient (Wildman–Crippen LogP) is 1.97. The van der Waals surface area contributed by atoms with Crippen molar-refractivity contribution in [2.24, 2.45) is 42.4 Å². The third kappa shape index (κ3) is 1.49. The fourth-order valence-electron chi connectivity index (χ4n) is 5.09. The maximum Gasteiger partial charge on any atom is 0.108 e. The predicted molar refractivity (Wildman–Crippen MR) is 70.8 cm³/mol. The maximum absolute atomic E-state index is 6.45. The molecular weight excluding hydrogens is 222 g/mol. The fraction of sp³-hybridized carbons (Fsp3) is 0.800. The van der Waals surface area contributed by atoms with Gasteiger partial charge in [-0.15, -0.1) is 0 Å². The molecule has 2 bridgehead atoms. The second-order valence-corrected chi connectivity index (χ2v) is 6.72. The molecule has 3 aliphatic rings. The van der Waals surface area contributed by atoms with Crippen LogP contribution in [0.2, 0.25) is 0 Å². The van der Waals surface area contributed by atoms with Gasteiger partial charge in [0, 0.05) is 31.9 Å². The van der Waals surface area contributed by atoms with Crippen molar-refractivity contribution in [1.82, 2.24) is 9.55 Å². The molecule has 0 spiro atoms. The Bertz CT molecular complexity index is 436. The van der Waals surface area contributed by atoms with Crippen molar-refractivity contribution < 1.29 is 0 Å². The first-order chi connectivity index (χ1) is 8.75. The van der Waals surface area contributed by atoms with Crippen molar-refractivity contribution >= 4 is 0 Å². The Labute approximate surface area is 109 Å². The number of aromatic nitrogens is 2. The lowest BCUT2D eigenvalue weighted by Gasteiger charge is -2.15. The number of rotatable bonds is 4. The molecule has 3 aliphatic carbocycles. The molecule has 0 saturated heterocycles. The highest BCUT2D eigenvalue weighted by Gasteiger charge is 2.65. The van der Waals surface area contributed by atoms with Gasteiger partial charge in [-0.1, -0.05) is 0 Å². The zero-order valence-corrected chi connectivity index (χ0v) is 11.1. The summed E-state index contributed by atoms with van der Waals surface area (Å²) in [5, 5.41) is 0. The van der Waals surface area contributed by atoms with Gasteiger partial charge in [-0.2, -0.15) is 0 Å². The Kier molecular flexibility index (Phi) is 2.35. The number of imidazole rings is 1. The molecule has 1 heterocycles. The van der Waals surface area contributed by atoms with E-state index < -0.39 is 0 Å². The van der Waals surface area contributed by atoms with Gasteiger partial charge in [0.05, 0.1) is 0 Å². The Morgan fingerprint density at radius 2 is 2.11 bits per heavy atom. The van der Waals surface area contributed by atoms with Crippen LogP contribution in [0.1, 0.15) is 31.5 Å². The molecule has 5 atom stereocenters. The van der Waals surface area contributed by atoms with E-state index in [0.717, 1.165) is 42.4 Å². The molecule has 3 heteroatoms. The first-order valence-electron chi connectivity index (χ1n) is 7.47. The van der Waals surface area contributed by atoms with Crippen LogP contribution in [0.4, 0.5) is 0 Å². The van der Waals surface area contributed by atoms with Crippen molar-refractivity contribution in [2.75, 3.05) is 0 Å². The standard InChI is InChI=1S/C15H23N3/c1-18-7-6-17-12(18)5-4-11(16)15-13-9-2-3-10(8-9)14(13)15/h6-7,9-11,13-15H,2-5,8,16H2,1H3. The highest BCUT2D eigenvalue weighted by atomic mass is 15.0. The van der Waals surface area contributed by atoms with E-state index in [2.05, 4.69) is 16.6 Å². The number of aryl methyl sites for hydroxylation is 2. The molecular formula is C15H23N3. The van der Waals surface area contributed by atoms with Gasteiger partial charge < -0.3 is 10.3 Å². The van der Waals surface area contributed by atoms with Crippen LogP contribution in [0.15, 0.2) is 12.4 Å².